The lowest BCUT2D eigenvalue weighted by molar-refractivity contribution is -0.121. The summed E-state index contributed by atoms with van der Waals surface area (Å²) in [5.74, 6) is -0.0325. The van der Waals surface area contributed by atoms with Crippen molar-refractivity contribution in [3.05, 3.63) is 53.5 Å². The lowest BCUT2D eigenvalue weighted by Gasteiger charge is -2.06. The number of imidazole rings is 2. The van der Waals surface area contributed by atoms with E-state index in [2.05, 4.69) is 17.2 Å². The Morgan fingerprint density at radius 2 is 1.85 bits per heavy atom. The van der Waals surface area contributed by atoms with Crippen LogP contribution in [0.5, 0.6) is 0 Å². The minimum atomic E-state index is -0.0408. The normalized spacial score (nSPS) is 11.1. The van der Waals surface area contributed by atoms with Crippen molar-refractivity contribution in [1.82, 2.24) is 24.0 Å². The first-order valence-electron chi connectivity index (χ1n) is 9.11. The van der Waals surface area contributed by atoms with Crippen LogP contribution in [0.3, 0.4) is 0 Å². The summed E-state index contributed by atoms with van der Waals surface area (Å²) in [7, 11) is 0. The summed E-state index contributed by atoms with van der Waals surface area (Å²) >= 11 is 0. The molecule has 0 aliphatic carbocycles. The molecule has 0 bridgehead atoms. The van der Waals surface area contributed by atoms with Crippen LogP contribution in [-0.2, 0) is 24.4 Å². The number of nitrogens with zero attached hydrogens (tertiary/aromatic N) is 4. The van der Waals surface area contributed by atoms with E-state index in [9.17, 15) is 9.59 Å². The number of hydrogen-bond acceptors (Lipinski definition) is 3. The number of para-hydroxylation sites is 2. The van der Waals surface area contributed by atoms with Crippen LogP contribution in [0, 0.1) is 0 Å². The molecule has 0 atom stereocenters. The van der Waals surface area contributed by atoms with Gasteiger partial charge in [-0.15, -0.1) is 0 Å². The molecular weight excluding hydrogens is 330 g/mol. The molecule has 0 saturated heterocycles. The van der Waals surface area contributed by atoms with Crippen molar-refractivity contribution >= 4 is 16.9 Å². The molecule has 7 heteroatoms. The zero-order valence-electron chi connectivity index (χ0n) is 15.1. The van der Waals surface area contributed by atoms with Crippen molar-refractivity contribution in [2.75, 3.05) is 6.54 Å². The van der Waals surface area contributed by atoms with Crippen LogP contribution in [0.1, 0.15) is 26.2 Å². The van der Waals surface area contributed by atoms with Crippen molar-refractivity contribution in [3.63, 3.8) is 0 Å². The highest BCUT2D eigenvalue weighted by Gasteiger charge is 2.13. The third kappa shape index (κ3) is 4.04. The topological polar surface area (TPSA) is 73.8 Å². The number of amides is 1. The van der Waals surface area contributed by atoms with Crippen LogP contribution >= 0.6 is 0 Å². The van der Waals surface area contributed by atoms with Gasteiger partial charge in [0.25, 0.3) is 0 Å². The number of carbonyl (C=O) groups is 1. The Morgan fingerprint density at radius 3 is 2.50 bits per heavy atom. The zero-order chi connectivity index (χ0) is 18.4. The molecule has 1 N–H and O–H groups in total. The molecule has 0 fully saturated rings. The van der Waals surface area contributed by atoms with Gasteiger partial charge in [0, 0.05) is 45.0 Å². The number of fused-ring (bicyclic) bond motifs is 1. The van der Waals surface area contributed by atoms with Gasteiger partial charge in [-0.25, -0.2) is 9.78 Å². The van der Waals surface area contributed by atoms with Gasteiger partial charge >= 0.3 is 5.69 Å². The van der Waals surface area contributed by atoms with Crippen LogP contribution < -0.4 is 11.0 Å². The summed E-state index contributed by atoms with van der Waals surface area (Å²) in [5, 5.41) is 2.92. The van der Waals surface area contributed by atoms with Crippen LogP contribution in [0.4, 0.5) is 0 Å². The Kier molecular flexibility index (Phi) is 5.88. The fourth-order valence-electron chi connectivity index (χ4n) is 3.14. The van der Waals surface area contributed by atoms with Gasteiger partial charge in [-0.1, -0.05) is 19.1 Å². The predicted molar refractivity (Wildman–Crippen MR) is 101 cm³/mol. The van der Waals surface area contributed by atoms with Crippen molar-refractivity contribution in [1.29, 1.82) is 0 Å². The summed E-state index contributed by atoms with van der Waals surface area (Å²) < 4.78 is 5.47. The number of hydrogen-bond donors (Lipinski definition) is 1. The van der Waals surface area contributed by atoms with Gasteiger partial charge in [0.15, 0.2) is 0 Å². The molecule has 2 heterocycles. The van der Waals surface area contributed by atoms with Crippen molar-refractivity contribution < 1.29 is 4.79 Å². The number of carbonyl (C=O) groups excluding carboxylic acids is 1. The summed E-state index contributed by atoms with van der Waals surface area (Å²) in [6.07, 6.45) is 7.44. The van der Waals surface area contributed by atoms with Gasteiger partial charge in [0.05, 0.1) is 17.4 Å². The Bertz CT molecular complexity index is 908. The van der Waals surface area contributed by atoms with E-state index in [4.69, 9.17) is 0 Å². The maximum absolute atomic E-state index is 12.7. The second kappa shape index (κ2) is 8.51. The molecule has 0 spiro atoms. The molecule has 3 rings (SSSR count). The highest BCUT2D eigenvalue weighted by atomic mass is 16.2. The second-order valence-corrected chi connectivity index (χ2v) is 6.33. The zero-order valence-corrected chi connectivity index (χ0v) is 15.1. The number of aromatic nitrogens is 4. The summed E-state index contributed by atoms with van der Waals surface area (Å²) in [6, 6.07) is 7.75. The van der Waals surface area contributed by atoms with Gasteiger partial charge in [-0.05, 0) is 25.0 Å². The molecule has 0 aliphatic heterocycles. The second-order valence-electron chi connectivity index (χ2n) is 6.33. The minimum absolute atomic E-state index is 0.0325. The Morgan fingerprint density at radius 1 is 1.12 bits per heavy atom. The Balaban J connectivity index is 1.56. The standard InChI is InChI=1S/C19H25N5O2/c1-2-11-23-16-6-3-4-7-17(16)24(19(23)26)13-8-18(25)21-9-5-12-22-14-10-20-15-22/h3-4,6-7,10,14-15H,2,5,8-9,11-13H2,1H3,(H,21,25). The SMILES string of the molecule is CCCn1c(=O)n(CCC(=O)NCCCn2ccnc2)c2ccccc21. The molecule has 0 unspecified atom stereocenters. The fourth-order valence-corrected chi connectivity index (χ4v) is 3.14. The van der Waals surface area contributed by atoms with Crippen molar-refractivity contribution in [2.45, 2.75) is 45.8 Å². The van der Waals surface area contributed by atoms with Crippen molar-refractivity contribution in [3.8, 4) is 0 Å². The van der Waals surface area contributed by atoms with Gasteiger partial charge < -0.3 is 9.88 Å². The fraction of sp³-hybridized carbons (Fsp3) is 0.421. The summed E-state index contributed by atoms with van der Waals surface area (Å²) in [6.45, 7) is 4.57. The first-order valence-corrected chi connectivity index (χ1v) is 9.11. The number of aryl methyl sites for hydroxylation is 3. The van der Waals surface area contributed by atoms with E-state index in [0.717, 1.165) is 30.4 Å². The monoisotopic (exact) mass is 355 g/mol. The quantitative estimate of drug-likeness (QED) is 0.597. The van der Waals surface area contributed by atoms with E-state index in [1.807, 2.05) is 35.0 Å². The van der Waals surface area contributed by atoms with Gasteiger partial charge in [0.2, 0.25) is 5.91 Å². The molecule has 1 amide bonds. The number of nitrogens with one attached hydrogen (secondary N) is 1. The van der Waals surface area contributed by atoms with Crippen LogP contribution in [0.15, 0.2) is 47.8 Å². The average molecular weight is 355 g/mol. The average Bonchev–Trinajstić information content (AvgIpc) is 3.25. The molecule has 0 saturated carbocycles. The largest absolute Gasteiger partial charge is 0.356 e. The molecular formula is C19H25N5O2. The highest BCUT2D eigenvalue weighted by Crippen LogP contribution is 2.13. The Hall–Kier alpha value is -2.83. The molecule has 1 aromatic carbocycles. The van der Waals surface area contributed by atoms with Crippen molar-refractivity contribution in [2.24, 2.45) is 0 Å². The van der Waals surface area contributed by atoms with Crippen LogP contribution in [0.25, 0.3) is 11.0 Å². The van der Waals surface area contributed by atoms with Gasteiger partial charge in [-0.3, -0.25) is 13.9 Å². The molecule has 0 radical (unpaired) electrons. The summed E-state index contributed by atoms with van der Waals surface area (Å²) in [4.78, 5) is 28.8. The maximum Gasteiger partial charge on any atom is 0.329 e. The molecule has 26 heavy (non-hydrogen) atoms. The van der Waals surface area contributed by atoms with Crippen LogP contribution in [0.2, 0.25) is 0 Å². The number of benzene rings is 1. The van der Waals surface area contributed by atoms with Crippen LogP contribution in [-0.4, -0.2) is 31.1 Å². The molecule has 3 aromatic rings. The third-order valence-corrected chi connectivity index (χ3v) is 4.41. The van der Waals surface area contributed by atoms with Gasteiger partial charge in [-0.2, -0.15) is 0 Å². The minimum Gasteiger partial charge on any atom is -0.356 e. The first kappa shape index (κ1) is 18.0. The lowest BCUT2D eigenvalue weighted by Crippen LogP contribution is -2.29. The van der Waals surface area contributed by atoms with E-state index < -0.39 is 0 Å². The lowest BCUT2D eigenvalue weighted by atomic mass is 10.3. The number of rotatable bonds is 9. The maximum atomic E-state index is 12.7. The smallest absolute Gasteiger partial charge is 0.329 e. The molecule has 2 aromatic heterocycles. The van der Waals surface area contributed by atoms with E-state index >= 15 is 0 Å². The molecule has 138 valence electrons. The van der Waals surface area contributed by atoms with E-state index in [0.29, 0.717) is 26.1 Å². The third-order valence-electron chi connectivity index (χ3n) is 4.41. The molecule has 0 aliphatic rings. The molecule has 7 nitrogen and oxygen atoms in total. The summed E-state index contributed by atoms with van der Waals surface area (Å²) in [5.41, 5.74) is 1.78. The van der Waals surface area contributed by atoms with Gasteiger partial charge in [0.1, 0.15) is 0 Å². The van der Waals surface area contributed by atoms with E-state index in [1.54, 1.807) is 21.7 Å². The first-order chi connectivity index (χ1) is 12.7. The van der Waals surface area contributed by atoms with E-state index in [1.165, 1.54) is 0 Å². The van der Waals surface area contributed by atoms with E-state index in [-0.39, 0.29) is 11.6 Å². The predicted octanol–water partition coefficient (Wildman–Crippen LogP) is 2.01. The Labute approximate surface area is 152 Å². The highest BCUT2D eigenvalue weighted by molar-refractivity contribution is 5.77.